The van der Waals surface area contributed by atoms with Crippen LogP contribution in [0.2, 0.25) is 0 Å². The van der Waals surface area contributed by atoms with Crippen LogP contribution in [-0.2, 0) is 0 Å². The number of pyridine rings is 3. The molecule has 0 spiro atoms. The average molecular weight is 1330 g/mol. The fraction of sp³-hybridized carbons (Fsp3) is 0. The molecule has 11 heteroatoms. The Labute approximate surface area is 591 Å². The van der Waals surface area contributed by atoms with Crippen LogP contribution in [0.25, 0.3) is 221 Å². The van der Waals surface area contributed by atoms with Gasteiger partial charge in [0, 0.05) is 71.4 Å². The molecule has 0 N–H and O–H groups in total. The number of hydrogen-bond donors (Lipinski definition) is 0. The number of aromatic nitrogens is 9. The third-order valence-corrected chi connectivity index (χ3v) is 20.8. The van der Waals surface area contributed by atoms with Crippen LogP contribution in [0, 0.1) is 0 Å². The first-order chi connectivity index (χ1) is 51.5. The Kier molecular flexibility index (Phi) is 12.5. The zero-order chi connectivity index (χ0) is 68.1. The maximum Gasteiger partial charge on any atom is 0.152 e. The molecule has 0 aliphatic rings. The molecule has 9 heterocycles. The smallest absolute Gasteiger partial charge is 0.152 e. The minimum atomic E-state index is 0.751. The van der Waals surface area contributed by atoms with E-state index < -0.39 is 0 Å². The van der Waals surface area contributed by atoms with Crippen LogP contribution in [0.1, 0.15) is 0 Å². The van der Waals surface area contributed by atoms with E-state index >= 15 is 0 Å². The molecule has 0 fully saturated rings. The van der Waals surface area contributed by atoms with E-state index in [1.165, 1.54) is 0 Å². The summed E-state index contributed by atoms with van der Waals surface area (Å²) in [5.41, 5.74) is 24.1. The summed E-state index contributed by atoms with van der Waals surface area (Å²) < 4.78 is 17.0. The first-order valence-corrected chi connectivity index (χ1v) is 34.8. The van der Waals surface area contributed by atoms with Crippen molar-refractivity contribution in [1.82, 2.24) is 43.7 Å². The summed E-state index contributed by atoms with van der Waals surface area (Å²) in [6.07, 6.45) is 5.99. The molecule has 0 bridgehead atoms. The van der Waals surface area contributed by atoms with Crippen LogP contribution < -0.4 is 0 Å². The maximum absolute atomic E-state index is 6.35. The Hall–Kier alpha value is -14.3. The fourth-order valence-electron chi connectivity index (χ4n) is 16.0. The lowest BCUT2D eigenvalue weighted by Crippen LogP contribution is -1.98. The molecule has 14 aromatic carbocycles. The quantitative estimate of drug-likeness (QED) is 0.150. The standard InChI is InChI=1S/C50H29N5O.C43H24N4O/c1-3-13-30(14-4-1)37-26-42-43(53-49(41-20-11-12-24-51-41)47(52-42)31-15-5-2-6-16-31)27-38(37)32-22-23-36-39(25-32)33-17-7-8-19-35(33)48-50(36)55-29-45-40(28-46(55)54-48)34-18-9-10-21-44(34)56-45;1-2-11-26(12-3-1)39-40(44-35-21-19-25-10-4-5-13-28(25)41(35)46-39)27-18-20-32-33(22-27)29-14-6-7-16-31(29)42-43(32)47-24-37-34(23-38(47)45-42)30-15-8-9-17-36(30)48-37/h1-29H;1-24H. The van der Waals surface area contributed by atoms with E-state index in [2.05, 4.69) is 252 Å². The summed E-state index contributed by atoms with van der Waals surface area (Å²) in [4.78, 5) is 36.5. The highest BCUT2D eigenvalue weighted by Crippen LogP contribution is 2.45. The number of benzene rings is 14. The molecule has 0 atom stereocenters. The number of nitrogens with zero attached hydrogens (tertiary/aromatic N) is 9. The molecule has 0 aliphatic carbocycles. The summed E-state index contributed by atoms with van der Waals surface area (Å²) in [6, 6.07) is 105. The lowest BCUT2D eigenvalue weighted by atomic mass is 9.91. The average Bonchev–Trinajstić information content (AvgIpc) is 1.51. The second-order valence-electron chi connectivity index (χ2n) is 26.7. The van der Waals surface area contributed by atoms with Crippen LogP contribution in [-0.4, -0.2) is 43.7 Å². The molecule has 0 saturated carbocycles. The normalized spacial score (nSPS) is 12.0. The van der Waals surface area contributed by atoms with Crippen LogP contribution in [0.3, 0.4) is 0 Å². The van der Waals surface area contributed by atoms with Gasteiger partial charge in [0.05, 0.1) is 79.3 Å². The molecule has 104 heavy (non-hydrogen) atoms. The number of furan rings is 2. The zero-order valence-corrected chi connectivity index (χ0v) is 55.4. The summed E-state index contributed by atoms with van der Waals surface area (Å²) in [7, 11) is 0. The Morgan fingerprint density at radius 3 is 1.27 bits per heavy atom. The van der Waals surface area contributed by atoms with Gasteiger partial charge in [-0.05, 0) is 116 Å². The number of imidazole rings is 2. The largest absolute Gasteiger partial charge is 0.455 e. The molecule has 9 aromatic heterocycles. The lowest BCUT2D eigenvalue weighted by molar-refractivity contribution is 0.666. The van der Waals surface area contributed by atoms with Crippen LogP contribution >= 0.6 is 0 Å². The van der Waals surface area contributed by atoms with E-state index in [9.17, 15) is 0 Å². The van der Waals surface area contributed by atoms with Crippen molar-refractivity contribution in [3.05, 3.63) is 322 Å². The SMILES string of the molecule is c1ccc(-c2cc3nc(-c4ccccc4)c(-c4ccccn4)nc3cc2-c2ccc3c(c2)c2ccccc2c2nc4cc5c(cn4c32)oc2ccccc25)cc1.c1ccc(-c2nc3c(ccc4ccccc43)nc2-c2ccc3c(c2)c2ccccc2c2nc4cc5c(cn4c32)oc2ccccc25)cc1. The summed E-state index contributed by atoms with van der Waals surface area (Å²) >= 11 is 0. The molecule has 0 amide bonds. The Morgan fingerprint density at radius 1 is 0.240 bits per heavy atom. The van der Waals surface area contributed by atoms with E-state index in [4.69, 9.17) is 43.7 Å². The van der Waals surface area contributed by atoms with E-state index in [1.54, 1.807) is 6.20 Å². The Bertz CT molecular complexity index is 7540. The predicted octanol–water partition coefficient (Wildman–Crippen LogP) is 23.8. The lowest BCUT2D eigenvalue weighted by Gasteiger charge is -2.16. The second-order valence-corrected chi connectivity index (χ2v) is 26.7. The highest BCUT2D eigenvalue weighted by Gasteiger charge is 2.24. The monoisotopic (exact) mass is 1330 g/mol. The molecule has 0 unspecified atom stereocenters. The van der Waals surface area contributed by atoms with Gasteiger partial charge in [0.2, 0.25) is 0 Å². The number of fused-ring (bicyclic) bond motifs is 26. The fourth-order valence-corrected chi connectivity index (χ4v) is 16.0. The second kappa shape index (κ2) is 22.6. The zero-order valence-electron chi connectivity index (χ0n) is 55.4. The van der Waals surface area contributed by atoms with Gasteiger partial charge in [-0.1, -0.05) is 237 Å². The minimum absolute atomic E-state index is 0.751. The van der Waals surface area contributed by atoms with E-state index in [1.807, 2.05) is 72.8 Å². The Balaban J connectivity index is 0.000000132. The van der Waals surface area contributed by atoms with Crippen molar-refractivity contribution in [2.75, 3.05) is 0 Å². The van der Waals surface area contributed by atoms with Crippen molar-refractivity contribution in [2.45, 2.75) is 0 Å². The summed E-state index contributed by atoms with van der Waals surface area (Å²) in [5, 5.41) is 15.6. The van der Waals surface area contributed by atoms with Crippen molar-refractivity contribution in [1.29, 1.82) is 0 Å². The summed E-state index contributed by atoms with van der Waals surface area (Å²) in [5.74, 6) is 0. The molecule has 11 nitrogen and oxygen atoms in total. The highest BCUT2D eigenvalue weighted by atomic mass is 16.3. The van der Waals surface area contributed by atoms with Crippen molar-refractivity contribution in [3.63, 3.8) is 0 Å². The molecule has 0 aliphatic heterocycles. The minimum Gasteiger partial charge on any atom is -0.455 e. The van der Waals surface area contributed by atoms with Crippen molar-refractivity contribution >= 4 is 153 Å². The molecule has 0 radical (unpaired) electrons. The van der Waals surface area contributed by atoms with Crippen molar-refractivity contribution in [3.8, 4) is 67.4 Å². The van der Waals surface area contributed by atoms with Crippen LogP contribution in [0.4, 0.5) is 0 Å². The summed E-state index contributed by atoms with van der Waals surface area (Å²) in [6.45, 7) is 0. The molecule has 482 valence electrons. The van der Waals surface area contributed by atoms with Crippen molar-refractivity contribution < 1.29 is 8.83 Å². The highest BCUT2D eigenvalue weighted by molar-refractivity contribution is 6.27. The maximum atomic E-state index is 6.35. The van der Waals surface area contributed by atoms with Gasteiger partial charge in [0.15, 0.2) is 11.2 Å². The van der Waals surface area contributed by atoms with E-state index in [0.717, 1.165) is 221 Å². The predicted molar refractivity (Wildman–Crippen MR) is 424 cm³/mol. The first-order valence-electron chi connectivity index (χ1n) is 34.8. The van der Waals surface area contributed by atoms with E-state index in [-0.39, 0.29) is 0 Å². The molecule has 23 rings (SSSR count). The van der Waals surface area contributed by atoms with Gasteiger partial charge < -0.3 is 8.83 Å². The van der Waals surface area contributed by atoms with Gasteiger partial charge in [-0.3, -0.25) is 13.8 Å². The van der Waals surface area contributed by atoms with Crippen LogP contribution in [0.15, 0.2) is 331 Å². The van der Waals surface area contributed by atoms with E-state index in [0.29, 0.717) is 0 Å². The third kappa shape index (κ3) is 8.93. The van der Waals surface area contributed by atoms with Gasteiger partial charge >= 0.3 is 0 Å². The number of para-hydroxylation sites is 2. The molecular weight excluding hydrogens is 1280 g/mol. The number of rotatable bonds is 6. The topological polar surface area (TPSA) is 125 Å². The first kappa shape index (κ1) is 57.6. The molecule has 23 aromatic rings. The van der Waals surface area contributed by atoms with Gasteiger partial charge in [0.25, 0.3) is 0 Å². The van der Waals surface area contributed by atoms with Gasteiger partial charge in [-0.15, -0.1) is 0 Å². The van der Waals surface area contributed by atoms with Crippen LogP contribution in [0.5, 0.6) is 0 Å². The Morgan fingerprint density at radius 2 is 0.692 bits per heavy atom. The number of hydrogen-bond acceptors (Lipinski definition) is 9. The van der Waals surface area contributed by atoms with Gasteiger partial charge in [-0.25, -0.2) is 29.9 Å². The van der Waals surface area contributed by atoms with Gasteiger partial charge in [-0.2, -0.15) is 0 Å². The third-order valence-electron chi connectivity index (χ3n) is 20.8. The molecular formula is C93H53N9O2. The molecule has 0 saturated heterocycles. The van der Waals surface area contributed by atoms with Crippen molar-refractivity contribution in [2.24, 2.45) is 0 Å². The van der Waals surface area contributed by atoms with Gasteiger partial charge in [0.1, 0.15) is 28.2 Å².